The van der Waals surface area contributed by atoms with Gasteiger partial charge in [-0.2, -0.15) is 0 Å². The number of nitrogens with zero attached hydrogens (tertiary/aromatic N) is 4. The van der Waals surface area contributed by atoms with Crippen LogP contribution in [0, 0.1) is 5.92 Å². The molecule has 2 aromatic rings. The summed E-state index contributed by atoms with van der Waals surface area (Å²) in [6.45, 7) is 4.84. The second-order valence-corrected chi connectivity index (χ2v) is 4.13. The van der Waals surface area contributed by atoms with E-state index >= 15 is 0 Å². The Morgan fingerprint density at radius 2 is 2.35 bits per heavy atom. The summed E-state index contributed by atoms with van der Waals surface area (Å²) < 4.78 is 1.80. The maximum absolute atomic E-state index is 11.0. The molecular weight excluding hydrogens is 222 g/mol. The average Bonchev–Trinajstić information content (AvgIpc) is 2.82. The fourth-order valence-electron chi connectivity index (χ4n) is 1.59. The molecule has 2 heterocycles. The smallest absolute Gasteiger partial charge is 0.354 e. The monoisotopic (exact) mass is 235 g/mol. The van der Waals surface area contributed by atoms with Crippen molar-refractivity contribution < 1.29 is 9.90 Å². The fourth-order valence-corrected chi connectivity index (χ4v) is 1.59. The Balaban J connectivity index is 2.43. The van der Waals surface area contributed by atoms with Gasteiger partial charge in [0.2, 0.25) is 0 Å². The molecule has 0 unspecified atom stereocenters. The van der Waals surface area contributed by atoms with E-state index < -0.39 is 5.97 Å². The van der Waals surface area contributed by atoms with Crippen molar-refractivity contribution in [3.63, 3.8) is 0 Å². The first-order valence-corrected chi connectivity index (χ1v) is 5.24. The summed E-state index contributed by atoms with van der Waals surface area (Å²) in [6, 6.07) is 0. The molecule has 0 saturated heterocycles. The average molecular weight is 235 g/mol. The summed E-state index contributed by atoms with van der Waals surface area (Å²) in [6.07, 6.45) is 2.92. The van der Waals surface area contributed by atoms with E-state index in [0.717, 1.165) is 0 Å². The standard InChI is InChI=1S/C10H13N5O2/c1-6(2)3-15-5-13-14-9(15)7-8(10(16)17)12-4-11-7/h4-6H,3H2,1-2H3,(H,11,12)(H,16,17). The molecule has 0 radical (unpaired) electrons. The third kappa shape index (κ3) is 2.17. The Labute approximate surface area is 97.5 Å². The maximum Gasteiger partial charge on any atom is 0.354 e. The fraction of sp³-hybridized carbons (Fsp3) is 0.400. The molecule has 7 heteroatoms. The molecule has 17 heavy (non-hydrogen) atoms. The van der Waals surface area contributed by atoms with E-state index in [4.69, 9.17) is 5.11 Å². The molecule has 0 fully saturated rings. The Kier molecular flexibility index (Phi) is 2.90. The highest BCUT2D eigenvalue weighted by atomic mass is 16.4. The summed E-state index contributed by atoms with van der Waals surface area (Å²) in [5.74, 6) is -0.175. The minimum atomic E-state index is -1.06. The number of hydrogen-bond donors (Lipinski definition) is 2. The van der Waals surface area contributed by atoms with E-state index in [9.17, 15) is 4.79 Å². The van der Waals surface area contributed by atoms with Crippen LogP contribution < -0.4 is 0 Å². The summed E-state index contributed by atoms with van der Waals surface area (Å²) in [5, 5.41) is 16.7. The van der Waals surface area contributed by atoms with Gasteiger partial charge in [-0.05, 0) is 5.92 Å². The summed E-state index contributed by atoms with van der Waals surface area (Å²) in [7, 11) is 0. The Hall–Kier alpha value is -2.18. The summed E-state index contributed by atoms with van der Waals surface area (Å²) in [4.78, 5) is 17.6. The van der Waals surface area contributed by atoms with Gasteiger partial charge in [-0.1, -0.05) is 13.8 Å². The van der Waals surface area contributed by atoms with Crippen LogP contribution >= 0.6 is 0 Å². The van der Waals surface area contributed by atoms with Crippen LogP contribution in [0.4, 0.5) is 0 Å². The van der Waals surface area contributed by atoms with Crippen molar-refractivity contribution in [1.82, 2.24) is 24.7 Å². The SMILES string of the molecule is CC(C)Cn1cnnc1-c1nc[nH]c1C(=O)O. The number of carboxylic acid groups (broad SMARTS) is 1. The number of aromatic nitrogens is 5. The van der Waals surface area contributed by atoms with Gasteiger partial charge in [0.1, 0.15) is 12.0 Å². The molecule has 0 saturated carbocycles. The van der Waals surface area contributed by atoms with Gasteiger partial charge in [-0.3, -0.25) is 0 Å². The molecule has 7 nitrogen and oxygen atoms in total. The quantitative estimate of drug-likeness (QED) is 0.824. The zero-order chi connectivity index (χ0) is 12.4. The number of aromatic amines is 1. The van der Waals surface area contributed by atoms with Crippen LogP contribution in [0.15, 0.2) is 12.7 Å². The predicted octanol–water partition coefficient (Wildman–Crippen LogP) is 1.02. The zero-order valence-electron chi connectivity index (χ0n) is 9.58. The van der Waals surface area contributed by atoms with Crippen molar-refractivity contribution in [2.45, 2.75) is 20.4 Å². The van der Waals surface area contributed by atoms with Gasteiger partial charge in [0.05, 0.1) is 6.33 Å². The number of carbonyl (C=O) groups is 1. The first-order valence-electron chi connectivity index (χ1n) is 5.24. The van der Waals surface area contributed by atoms with Crippen molar-refractivity contribution in [3.8, 4) is 11.5 Å². The number of imidazole rings is 1. The molecule has 90 valence electrons. The molecule has 0 atom stereocenters. The predicted molar refractivity (Wildman–Crippen MR) is 59.4 cm³/mol. The van der Waals surface area contributed by atoms with Crippen molar-refractivity contribution in [2.24, 2.45) is 5.92 Å². The van der Waals surface area contributed by atoms with Crippen LogP contribution in [0.1, 0.15) is 24.3 Å². The molecule has 2 N–H and O–H groups in total. The van der Waals surface area contributed by atoms with Crippen LogP contribution in [0.3, 0.4) is 0 Å². The van der Waals surface area contributed by atoms with E-state index in [1.54, 1.807) is 10.9 Å². The van der Waals surface area contributed by atoms with E-state index in [1.807, 2.05) is 0 Å². The normalized spacial score (nSPS) is 11.0. The number of nitrogens with one attached hydrogen (secondary N) is 1. The molecule has 0 aliphatic rings. The van der Waals surface area contributed by atoms with Crippen LogP contribution in [-0.4, -0.2) is 35.8 Å². The van der Waals surface area contributed by atoms with Crippen molar-refractivity contribution in [3.05, 3.63) is 18.3 Å². The zero-order valence-corrected chi connectivity index (χ0v) is 9.58. The Bertz CT molecular complexity index is 528. The highest BCUT2D eigenvalue weighted by Gasteiger charge is 2.19. The Morgan fingerprint density at radius 1 is 1.59 bits per heavy atom. The van der Waals surface area contributed by atoms with E-state index in [-0.39, 0.29) is 5.69 Å². The molecule has 0 aliphatic heterocycles. The molecule has 0 amide bonds. The molecule has 0 aromatic carbocycles. The van der Waals surface area contributed by atoms with Crippen molar-refractivity contribution in [2.75, 3.05) is 0 Å². The van der Waals surface area contributed by atoms with Gasteiger partial charge in [-0.15, -0.1) is 10.2 Å². The lowest BCUT2D eigenvalue weighted by Crippen LogP contribution is -2.07. The van der Waals surface area contributed by atoms with Crippen LogP contribution in [0.2, 0.25) is 0 Å². The minimum absolute atomic E-state index is 0.0306. The third-order valence-electron chi connectivity index (χ3n) is 2.24. The van der Waals surface area contributed by atoms with Crippen LogP contribution in [-0.2, 0) is 6.54 Å². The molecule has 0 aliphatic carbocycles. The van der Waals surface area contributed by atoms with E-state index in [1.165, 1.54) is 6.33 Å². The second kappa shape index (κ2) is 4.36. The lowest BCUT2D eigenvalue weighted by Gasteiger charge is -2.07. The number of hydrogen-bond acceptors (Lipinski definition) is 4. The first kappa shape index (κ1) is 11.3. The highest BCUT2D eigenvalue weighted by Crippen LogP contribution is 2.18. The topological polar surface area (TPSA) is 96.7 Å². The van der Waals surface area contributed by atoms with Crippen molar-refractivity contribution >= 4 is 5.97 Å². The van der Waals surface area contributed by atoms with Crippen LogP contribution in [0.5, 0.6) is 0 Å². The lowest BCUT2D eigenvalue weighted by atomic mass is 10.2. The van der Waals surface area contributed by atoms with Gasteiger partial charge in [0.25, 0.3) is 0 Å². The molecule has 0 bridgehead atoms. The molecular formula is C10H13N5O2. The number of aromatic carboxylic acids is 1. The van der Waals surface area contributed by atoms with Gasteiger partial charge in [0.15, 0.2) is 11.5 Å². The number of carboxylic acids is 1. The largest absolute Gasteiger partial charge is 0.477 e. The Morgan fingerprint density at radius 3 is 3.00 bits per heavy atom. The first-order chi connectivity index (χ1) is 8.09. The number of H-pyrrole nitrogens is 1. The highest BCUT2D eigenvalue weighted by molar-refractivity contribution is 5.91. The van der Waals surface area contributed by atoms with E-state index in [0.29, 0.717) is 24.0 Å². The van der Waals surface area contributed by atoms with E-state index in [2.05, 4.69) is 34.0 Å². The van der Waals surface area contributed by atoms with Gasteiger partial charge in [-0.25, -0.2) is 9.78 Å². The van der Waals surface area contributed by atoms with Crippen LogP contribution in [0.25, 0.3) is 11.5 Å². The van der Waals surface area contributed by atoms with Gasteiger partial charge in [0, 0.05) is 6.54 Å². The number of rotatable bonds is 4. The second-order valence-electron chi connectivity index (χ2n) is 4.13. The summed E-state index contributed by atoms with van der Waals surface area (Å²) in [5.41, 5.74) is 0.346. The molecule has 2 rings (SSSR count). The maximum atomic E-state index is 11.0. The lowest BCUT2D eigenvalue weighted by molar-refractivity contribution is 0.0692. The van der Waals surface area contributed by atoms with Gasteiger partial charge < -0.3 is 14.7 Å². The molecule has 2 aromatic heterocycles. The summed E-state index contributed by atoms with van der Waals surface area (Å²) >= 11 is 0. The molecule has 0 spiro atoms. The minimum Gasteiger partial charge on any atom is -0.477 e. The third-order valence-corrected chi connectivity index (χ3v) is 2.24. The van der Waals surface area contributed by atoms with Gasteiger partial charge >= 0.3 is 5.97 Å². The van der Waals surface area contributed by atoms with Crippen molar-refractivity contribution in [1.29, 1.82) is 0 Å².